The first-order valence-electron chi connectivity index (χ1n) is 17.8. The lowest BCUT2D eigenvalue weighted by atomic mass is 9.78. The van der Waals surface area contributed by atoms with E-state index in [1.54, 1.807) is 0 Å². The van der Waals surface area contributed by atoms with E-state index in [0.29, 0.717) is 5.82 Å². The monoisotopic (exact) mass is 666 g/mol. The van der Waals surface area contributed by atoms with Crippen LogP contribution in [0.15, 0.2) is 174 Å². The molecular weight excluding hydrogens is 633 g/mol. The molecule has 1 aliphatic rings. The number of para-hydroxylation sites is 2. The van der Waals surface area contributed by atoms with E-state index in [2.05, 4.69) is 172 Å². The summed E-state index contributed by atoms with van der Waals surface area (Å²) in [5.74, 6) is 0.682. The molecule has 0 bridgehead atoms. The van der Waals surface area contributed by atoms with Gasteiger partial charge in [0, 0.05) is 32.9 Å². The molecule has 0 radical (unpaired) electrons. The predicted octanol–water partition coefficient (Wildman–Crippen LogP) is 13.0. The number of aromatic nitrogens is 2. The molecule has 0 saturated heterocycles. The standard InChI is InChI=1S/C49H34N2O/c1-49(2)42-29-33(27-28-36(42)39-23-13-22-35(46(39)49)32-17-7-4-8-18-32)48-50-43(37-20-10-9-19-34(37)31-15-5-3-6-16-31)30-44(51-48)41-25-14-24-40-38-21-11-12-26-45(38)52-47(40)41/h3-30H,1-2H3. The van der Waals surface area contributed by atoms with E-state index >= 15 is 0 Å². The van der Waals surface area contributed by atoms with Crippen LogP contribution in [0.1, 0.15) is 25.0 Å². The van der Waals surface area contributed by atoms with Gasteiger partial charge in [-0.15, -0.1) is 0 Å². The quantitative estimate of drug-likeness (QED) is 0.183. The van der Waals surface area contributed by atoms with E-state index in [4.69, 9.17) is 14.4 Å². The highest BCUT2D eigenvalue weighted by atomic mass is 16.3. The van der Waals surface area contributed by atoms with Crippen LogP contribution < -0.4 is 0 Å². The van der Waals surface area contributed by atoms with Gasteiger partial charge in [0.15, 0.2) is 5.82 Å². The normalized spacial score (nSPS) is 13.0. The Morgan fingerprint density at radius 3 is 1.79 bits per heavy atom. The summed E-state index contributed by atoms with van der Waals surface area (Å²) in [7, 11) is 0. The largest absolute Gasteiger partial charge is 0.455 e. The number of benzene rings is 7. The maximum absolute atomic E-state index is 6.53. The van der Waals surface area contributed by atoms with Crippen molar-refractivity contribution in [1.29, 1.82) is 0 Å². The molecule has 2 aromatic heterocycles. The molecule has 0 fully saturated rings. The van der Waals surface area contributed by atoms with Crippen LogP contribution in [0.4, 0.5) is 0 Å². The molecule has 0 N–H and O–H groups in total. The van der Waals surface area contributed by atoms with Crippen molar-refractivity contribution in [3.8, 4) is 67.3 Å². The van der Waals surface area contributed by atoms with Crippen molar-refractivity contribution in [1.82, 2.24) is 9.97 Å². The van der Waals surface area contributed by atoms with Crippen molar-refractivity contribution in [2.75, 3.05) is 0 Å². The Morgan fingerprint density at radius 1 is 0.423 bits per heavy atom. The van der Waals surface area contributed by atoms with Crippen molar-refractivity contribution in [3.05, 3.63) is 181 Å². The van der Waals surface area contributed by atoms with Crippen LogP contribution in [-0.4, -0.2) is 9.97 Å². The Labute approximate surface area is 302 Å². The third-order valence-electron chi connectivity index (χ3n) is 10.7. The highest BCUT2D eigenvalue weighted by Gasteiger charge is 2.38. The number of furan rings is 1. The van der Waals surface area contributed by atoms with Gasteiger partial charge in [-0.1, -0.05) is 159 Å². The summed E-state index contributed by atoms with van der Waals surface area (Å²) in [6, 6.07) is 59.9. The average Bonchev–Trinajstić information content (AvgIpc) is 3.70. The zero-order valence-corrected chi connectivity index (χ0v) is 29.0. The zero-order valence-electron chi connectivity index (χ0n) is 29.0. The Morgan fingerprint density at radius 2 is 1.00 bits per heavy atom. The van der Waals surface area contributed by atoms with E-state index in [9.17, 15) is 0 Å². The lowest BCUT2D eigenvalue weighted by Gasteiger charge is -2.25. The highest BCUT2D eigenvalue weighted by Crippen LogP contribution is 2.53. The SMILES string of the molecule is CC1(C)c2cc(-c3nc(-c4ccccc4-c4ccccc4)cc(-c4cccc5c4oc4ccccc45)n3)ccc2-c2cccc(-c3ccccc3)c21. The smallest absolute Gasteiger partial charge is 0.160 e. The zero-order chi connectivity index (χ0) is 34.8. The molecule has 0 saturated carbocycles. The summed E-state index contributed by atoms with van der Waals surface area (Å²) in [6.45, 7) is 4.68. The van der Waals surface area contributed by atoms with Crippen LogP contribution in [0, 0.1) is 0 Å². The molecule has 3 heteroatoms. The van der Waals surface area contributed by atoms with Crippen LogP contribution in [-0.2, 0) is 5.41 Å². The minimum Gasteiger partial charge on any atom is -0.455 e. The van der Waals surface area contributed by atoms with E-state index < -0.39 is 0 Å². The summed E-state index contributed by atoms with van der Waals surface area (Å²) >= 11 is 0. The summed E-state index contributed by atoms with van der Waals surface area (Å²) in [6.07, 6.45) is 0. The predicted molar refractivity (Wildman–Crippen MR) is 214 cm³/mol. The molecule has 9 aromatic rings. The Kier molecular flexibility index (Phi) is 6.84. The number of nitrogens with zero attached hydrogens (tertiary/aromatic N) is 2. The molecule has 52 heavy (non-hydrogen) atoms. The van der Waals surface area contributed by atoms with Gasteiger partial charge in [0.2, 0.25) is 0 Å². The van der Waals surface area contributed by atoms with E-state index in [1.807, 2.05) is 12.1 Å². The molecule has 0 atom stereocenters. The van der Waals surface area contributed by atoms with E-state index in [-0.39, 0.29) is 5.41 Å². The highest BCUT2D eigenvalue weighted by molar-refractivity contribution is 6.09. The molecule has 0 amide bonds. The topological polar surface area (TPSA) is 38.9 Å². The minimum absolute atomic E-state index is 0.229. The Balaban J connectivity index is 1.19. The molecular formula is C49H34N2O. The summed E-state index contributed by atoms with van der Waals surface area (Å²) < 4.78 is 6.53. The van der Waals surface area contributed by atoms with Crippen molar-refractivity contribution in [2.24, 2.45) is 0 Å². The van der Waals surface area contributed by atoms with Crippen LogP contribution in [0.3, 0.4) is 0 Å². The van der Waals surface area contributed by atoms with Crippen LogP contribution in [0.25, 0.3) is 89.2 Å². The first-order valence-corrected chi connectivity index (χ1v) is 17.8. The number of hydrogen-bond donors (Lipinski definition) is 0. The molecule has 0 unspecified atom stereocenters. The second kappa shape index (κ2) is 11.8. The fraction of sp³-hybridized carbons (Fsp3) is 0.0612. The molecule has 3 nitrogen and oxygen atoms in total. The van der Waals surface area contributed by atoms with Crippen LogP contribution in [0.5, 0.6) is 0 Å². The summed E-state index contributed by atoms with van der Waals surface area (Å²) in [5, 5.41) is 2.17. The molecule has 0 aliphatic heterocycles. The third kappa shape index (κ3) is 4.74. The summed E-state index contributed by atoms with van der Waals surface area (Å²) in [5.41, 5.74) is 16.1. The second-order valence-corrected chi connectivity index (χ2v) is 14.1. The van der Waals surface area contributed by atoms with Crippen LogP contribution >= 0.6 is 0 Å². The van der Waals surface area contributed by atoms with Gasteiger partial charge in [0.25, 0.3) is 0 Å². The van der Waals surface area contributed by atoms with Crippen LogP contribution in [0.2, 0.25) is 0 Å². The van der Waals surface area contributed by atoms with Crippen molar-refractivity contribution in [3.63, 3.8) is 0 Å². The Hall–Kier alpha value is -6.58. The molecule has 246 valence electrons. The first-order chi connectivity index (χ1) is 25.5. The fourth-order valence-corrected chi connectivity index (χ4v) is 8.26. The van der Waals surface area contributed by atoms with E-state index in [0.717, 1.165) is 61.1 Å². The molecule has 10 rings (SSSR count). The summed E-state index contributed by atoms with van der Waals surface area (Å²) in [4.78, 5) is 10.7. The van der Waals surface area contributed by atoms with Gasteiger partial charge < -0.3 is 4.42 Å². The van der Waals surface area contributed by atoms with Gasteiger partial charge >= 0.3 is 0 Å². The first kappa shape index (κ1) is 30.3. The molecule has 7 aromatic carbocycles. The molecule has 0 spiro atoms. The van der Waals surface area contributed by atoms with Gasteiger partial charge in [0.1, 0.15) is 11.2 Å². The fourth-order valence-electron chi connectivity index (χ4n) is 8.26. The van der Waals surface area contributed by atoms with Gasteiger partial charge in [0.05, 0.1) is 11.4 Å². The number of fused-ring (bicyclic) bond motifs is 6. The van der Waals surface area contributed by atoms with Gasteiger partial charge in [-0.25, -0.2) is 9.97 Å². The van der Waals surface area contributed by atoms with Gasteiger partial charge in [-0.05, 0) is 68.8 Å². The number of rotatable bonds is 5. The lowest BCUT2D eigenvalue weighted by molar-refractivity contribution is 0.662. The average molecular weight is 667 g/mol. The number of hydrogen-bond acceptors (Lipinski definition) is 3. The van der Waals surface area contributed by atoms with Crippen molar-refractivity contribution >= 4 is 21.9 Å². The Bertz CT molecular complexity index is 2810. The van der Waals surface area contributed by atoms with Crippen molar-refractivity contribution < 1.29 is 4.42 Å². The third-order valence-corrected chi connectivity index (χ3v) is 10.7. The lowest BCUT2D eigenvalue weighted by Crippen LogP contribution is -2.16. The van der Waals surface area contributed by atoms with Gasteiger partial charge in [-0.3, -0.25) is 0 Å². The maximum atomic E-state index is 6.53. The molecule has 1 aliphatic carbocycles. The molecule has 2 heterocycles. The van der Waals surface area contributed by atoms with E-state index in [1.165, 1.54) is 33.4 Å². The minimum atomic E-state index is -0.229. The van der Waals surface area contributed by atoms with Crippen molar-refractivity contribution in [2.45, 2.75) is 19.3 Å². The second-order valence-electron chi connectivity index (χ2n) is 14.1. The van der Waals surface area contributed by atoms with Gasteiger partial charge in [-0.2, -0.15) is 0 Å². The maximum Gasteiger partial charge on any atom is 0.160 e.